The van der Waals surface area contributed by atoms with E-state index in [1.807, 2.05) is 39.0 Å². The second kappa shape index (κ2) is 14.7. The topological polar surface area (TPSA) is 213 Å². The number of aryl methyl sites for hydroxylation is 3. The number of H-pyrrole nitrogens is 2. The zero-order valence-electron chi connectivity index (χ0n) is 31.0. The normalized spacial score (nSPS) is 17.7. The van der Waals surface area contributed by atoms with Crippen LogP contribution >= 0.6 is 0 Å². The van der Waals surface area contributed by atoms with Crippen LogP contribution in [0.5, 0.6) is 0 Å². The number of aromatic nitrogens is 4. The van der Waals surface area contributed by atoms with Crippen molar-refractivity contribution in [2.75, 3.05) is 20.2 Å². The summed E-state index contributed by atoms with van der Waals surface area (Å²) in [4.78, 5) is 67.8. The standard InChI is InChI=1S/C41H44N6O7/c1-7-23-20(2)29-17-34-27-11-8-26(39(51)52)38(40(53)54-6)41(27,5)35(47-34)19-30-22(4)25(10-13-37(49)50)33(46-30)18-32-24(9-12-36(48)43-15-14-42)21(3)28(45-32)16-31(23)44-29/h7-8,11,16-19,38,44,46H,1,9-10,12-15,42H2,2-6H3,(H,43,48)(H,49,50)(H,51,52). The number of hydrogen-bond acceptors (Lipinski definition) is 8. The van der Waals surface area contributed by atoms with Gasteiger partial charge in [0.05, 0.1) is 40.9 Å². The smallest absolute Gasteiger partial charge is 0.332 e. The molecular formula is C41H44N6O7. The van der Waals surface area contributed by atoms with E-state index in [-0.39, 0.29) is 30.7 Å². The van der Waals surface area contributed by atoms with Crippen LogP contribution in [-0.2, 0) is 35.8 Å². The number of aromatic amines is 2. The molecule has 5 heterocycles. The summed E-state index contributed by atoms with van der Waals surface area (Å²) in [5.74, 6) is -4.29. The van der Waals surface area contributed by atoms with Gasteiger partial charge in [-0.1, -0.05) is 24.8 Å². The van der Waals surface area contributed by atoms with Crippen LogP contribution in [0.3, 0.4) is 0 Å². The molecule has 2 aliphatic heterocycles. The Bertz CT molecular complexity index is 2390. The Balaban J connectivity index is 1.73. The number of nitrogens with one attached hydrogen (secondary N) is 3. The maximum atomic E-state index is 13.5. The quantitative estimate of drug-likeness (QED) is 0.136. The van der Waals surface area contributed by atoms with Gasteiger partial charge in [0.1, 0.15) is 5.92 Å². The molecule has 54 heavy (non-hydrogen) atoms. The van der Waals surface area contributed by atoms with Crippen molar-refractivity contribution in [1.82, 2.24) is 25.3 Å². The zero-order valence-corrected chi connectivity index (χ0v) is 31.0. The minimum Gasteiger partial charge on any atom is -0.481 e. The molecule has 0 saturated heterocycles. The summed E-state index contributed by atoms with van der Waals surface area (Å²) in [6.45, 7) is 12.4. The van der Waals surface area contributed by atoms with Gasteiger partial charge in [0.25, 0.3) is 0 Å². The highest BCUT2D eigenvalue weighted by Gasteiger charge is 2.53. The average molecular weight is 733 g/mol. The Kier molecular flexibility index (Phi) is 10.3. The Labute approximate surface area is 311 Å². The summed E-state index contributed by atoms with van der Waals surface area (Å²) >= 11 is 0. The van der Waals surface area contributed by atoms with E-state index in [9.17, 15) is 29.4 Å². The summed E-state index contributed by atoms with van der Waals surface area (Å²) in [5, 5.41) is 22.8. The highest BCUT2D eigenvalue weighted by Crippen LogP contribution is 2.52. The molecule has 1 aliphatic carbocycles. The largest absolute Gasteiger partial charge is 0.481 e. The summed E-state index contributed by atoms with van der Waals surface area (Å²) in [6, 6.07) is 7.50. The second-order valence-corrected chi connectivity index (χ2v) is 13.9. The minimum absolute atomic E-state index is 0.125. The number of carbonyl (C=O) groups is 4. The van der Waals surface area contributed by atoms with E-state index in [0.717, 1.165) is 44.4 Å². The van der Waals surface area contributed by atoms with Crippen molar-refractivity contribution in [2.45, 2.75) is 58.8 Å². The second-order valence-electron chi connectivity index (χ2n) is 13.9. The molecule has 280 valence electrons. The van der Waals surface area contributed by atoms with Crippen LogP contribution < -0.4 is 11.1 Å². The van der Waals surface area contributed by atoms with Crippen molar-refractivity contribution in [3.63, 3.8) is 0 Å². The van der Waals surface area contributed by atoms with Crippen LogP contribution in [0.2, 0.25) is 0 Å². The van der Waals surface area contributed by atoms with Crippen molar-refractivity contribution >= 4 is 68.7 Å². The third-order valence-corrected chi connectivity index (χ3v) is 10.8. The van der Waals surface area contributed by atoms with Crippen molar-refractivity contribution < 1.29 is 34.1 Å². The minimum atomic E-state index is -1.26. The van der Waals surface area contributed by atoms with Gasteiger partial charge in [-0.25, -0.2) is 9.78 Å². The molecule has 0 spiro atoms. The van der Waals surface area contributed by atoms with Crippen LogP contribution in [0.15, 0.2) is 48.6 Å². The lowest BCUT2D eigenvalue weighted by atomic mass is 9.64. The van der Waals surface area contributed by atoms with Crippen molar-refractivity contribution in [1.29, 1.82) is 0 Å². The molecule has 13 heteroatoms. The van der Waals surface area contributed by atoms with Gasteiger partial charge in [-0.05, 0) is 98.2 Å². The molecule has 13 nitrogen and oxygen atoms in total. The van der Waals surface area contributed by atoms with Crippen LogP contribution in [0.4, 0.5) is 0 Å². The van der Waals surface area contributed by atoms with E-state index in [4.69, 9.17) is 20.4 Å². The number of carboxylic acid groups (broad SMARTS) is 2. The number of rotatable bonds is 11. The first-order valence-corrected chi connectivity index (χ1v) is 17.7. The lowest BCUT2D eigenvalue weighted by Gasteiger charge is -2.36. The Morgan fingerprint density at radius 1 is 0.926 bits per heavy atom. The van der Waals surface area contributed by atoms with Crippen LogP contribution in [-0.4, -0.2) is 74.2 Å². The molecule has 0 radical (unpaired) electrons. The number of hydrogen-bond donors (Lipinski definition) is 6. The van der Waals surface area contributed by atoms with Gasteiger partial charge in [0.15, 0.2) is 0 Å². The lowest BCUT2D eigenvalue weighted by molar-refractivity contribution is -0.148. The van der Waals surface area contributed by atoms with Crippen LogP contribution in [0, 0.1) is 19.8 Å². The molecule has 3 aromatic rings. The first kappa shape index (κ1) is 37.7. The Hall–Kier alpha value is -6.08. The highest BCUT2D eigenvalue weighted by atomic mass is 16.5. The number of allylic oxidation sites excluding steroid dienone is 5. The molecule has 0 aromatic carbocycles. The first-order chi connectivity index (χ1) is 25.7. The van der Waals surface area contributed by atoms with E-state index in [1.165, 1.54) is 13.2 Å². The van der Waals surface area contributed by atoms with Gasteiger partial charge in [0.2, 0.25) is 5.91 Å². The fourth-order valence-electron chi connectivity index (χ4n) is 7.78. The van der Waals surface area contributed by atoms with Gasteiger partial charge in [-0.2, -0.15) is 0 Å². The third kappa shape index (κ3) is 6.55. The van der Waals surface area contributed by atoms with E-state index in [0.29, 0.717) is 58.9 Å². The average Bonchev–Trinajstić information content (AvgIpc) is 3.79. The maximum Gasteiger partial charge on any atom is 0.332 e. The van der Waals surface area contributed by atoms with E-state index in [2.05, 4.69) is 21.9 Å². The number of methoxy groups -OCH3 is 1. The number of esters is 1. The van der Waals surface area contributed by atoms with Crippen molar-refractivity contribution in [2.24, 2.45) is 11.7 Å². The molecule has 0 fully saturated rings. The Morgan fingerprint density at radius 3 is 2.28 bits per heavy atom. The molecule has 2 atom stereocenters. The summed E-state index contributed by atoms with van der Waals surface area (Å²) < 4.78 is 5.20. The van der Waals surface area contributed by atoms with Crippen LogP contribution in [0.1, 0.15) is 78.1 Å². The summed E-state index contributed by atoms with van der Waals surface area (Å²) in [6.07, 6.45) is 5.57. The zero-order chi connectivity index (χ0) is 39.1. The lowest BCUT2D eigenvalue weighted by Crippen LogP contribution is -2.42. The number of ether oxygens (including phenoxy) is 1. The predicted octanol–water partition coefficient (Wildman–Crippen LogP) is 5.53. The van der Waals surface area contributed by atoms with E-state index in [1.54, 1.807) is 25.1 Å². The Morgan fingerprint density at radius 2 is 1.61 bits per heavy atom. The number of nitrogens with two attached hydrogens (primary N) is 1. The molecule has 6 rings (SSSR count). The van der Waals surface area contributed by atoms with E-state index < -0.39 is 29.2 Å². The number of nitrogens with zero attached hydrogens (tertiary/aromatic N) is 2. The molecule has 7 N–H and O–H groups in total. The number of amides is 1. The molecular weight excluding hydrogens is 688 g/mol. The van der Waals surface area contributed by atoms with Gasteiger partial charge in [-0.15, -0.1) is 0 Å². The van der Waals surface area contributed by atoms with E-state index >= 15 is 0 Å². The monoisotopic (exact) mass is 732 g/mol. The molecule has 0 saturated carbocycles. The van der Waals surface area contributed by atoms with Gasteiger partial charge in [0, 0.05) is 53.6 Å². The van der Waals surface area contributed by atoms with Gasteiger partial charge in [-0.3, -0.25) is 19.4 Å². The summed E-state index contributed by atoms with van der Waals surface area (Å²) in [7, 11) is 1.23. The maximum absolute atomic E-state index is 13.5. The highest BCUT2D eigenvalue weighted by molar-refractivity contribution is 6.01. The summed E-state index contributed by atoms with van der Waals surface area (Å²) in [5.41, 5.74) is 14.8. The fourth-order valence-corrected chi connectivity index (χ4v) is 7.78. The SMILES string of the molecule is C=Cc1c(C)c2cc3nc(cc4[nH]c(cc5nc(cc1[nH]2)C(C)=C5CCC(=O)NCCN)c(CCC(=O)O)c4C)C1(C)C3=CC=C(C(=O)O)C1C(=O)OC. The predicted molar refractivity (Wildman–Crippen MR) is 207 cm³/mol. The molecule has 3 aromatic heterocycles. The fraction of sp³-hybridized carbons (Fsp3) is 0.317. The number of fused-ring (bicyclic) bond motifs is 11. The number of carbonyl (C=O) groups excluding carboxylic acids is 2. The molecule has 3 aliphatic rings. The third-order valence-electron chi connectivity index (χ3n) is 10.8. The van der Waals surface area contributed by atoms with Crippen molar-refractivity contribution in [3.05, 3.63) is 93.6 Å². The van der Waals surface area contributed by atoms with Crippen LogP contribution in [0.25, 0.3) is 44.9 Å². The number of aliphatic carboxylic acids is 2. The van der Waals surface area contributed by atoms with Gasteiger partial charge < -0.3 is 36.0 Å². The molecule has 2 unspecified atom stereocenters. The first-order valence-electron chi connectivity index (χ1n) is 17.7. The molecule has 1 amide bonds. The number of carboxylic acids is 2. The van der Waals surface area contributed by atoms with Crippen molar-refractivity contribution in [3.8, 4) is 0 Å². The molecule has 8 bridgehead atoms. The van der Waals surface area contributed by atoms with Gasteiger partial charge >= 0.3 is 17.9 Å².